The molecule has 4 N–H and O–H groups in total. The van der Waals surface area contributed by atoms with E-state index in [-0.39, 0.29) is 39.4 Å². The molecule has 2 heterocycles. The molecule has 0 spiro atoms. The summed E-state index contributed by atoms with van der Waals surface area (Å²) in [6.45, 7) is 0. The number of nitrogens with zero attached hydrogens (tertiary/aromatic N) is 3. The minimum Gasteiger partial charge on any atom is -0.493 e. The molecule has 0 saturated heterocycles. The lowest BCUT2D eigenvalue weighted by molar-refractivity contribution is 0.102. The first-order chi connectivity index (χ1) is 20.2. The van der Waals surface area contributed by atoms with Gasteiger partial charge in [0.1, 0.15) is 16.5 Å². The Balaban J connectivity index is 1.40. The van der Waals surface area contributed by atoms with E-state index in [9.17, 15) is 9.18 Å². The minimum absolute atomic E-state index is 0.00244. The summed E-state index contributed by atoms with van der Waals surface area (Å²) in [7, 11) is 4.53. The van der Waals surface area contributed by atoms with E-state index in [4.69, 9.17) is 47.7 Å². The van der Waals surface area contributed by atoms with Crippen molar-refractivity contribution in [3.05, 3.63) is 70.0 Å². The van der Waals surface area contributed by atoms with Crippen molar-refractivity contribution in [2.24, 2.45) is 0 Å². The number of amides is 1. The number of benzene rings is 3. The number of nitrogen functional groups attached to an aromatic ring is 1. The SMILES string of the molecule is COc1cc(Nc2nc(N)c(-c3nc(-c4cc(NC(=O)c5cccc(Cl)c5)c(F)cc4Cl)no3)s2)cc(OC)c1OC. The molecule has 15 heteroatoms. The minimum atomic E-state index is -0.753. The van der Waals surface area contributed by atoms with Crippen molar-refractivity contribution in [1.82, 2.24) is 15.1 Å². The number of aromatic nitrogens is 3. The first kappa shape index (κ1) is 28.9. The number of methoxy groups -OCH3 is 3. The summed E-state index contributed by atoms with van der Waals surface area (Å²) in [5.41, 5.74) is 7.08. The number of hydrogen-bond donors (Lipinski definition) is 3. The number of hydrogen-bond acceptors (Lipinski definition) is 11. The molecule has 0 aliphatic carbocycles. The van der Waals surface area contributed by atoms with E-state index in [1.165, 1.54) is 33.5 Å². The Hall–Kier alpha value is -4.59. The van der Waals surface area contributed by atoms with E-state index < -0.39 is 11.7 Å². The fourth-order valence-corrected chi connectivity index (χ4v) is 5.13. The maximum absolute atomic E-state index is 14.7. The fourth-order valence-electron chi connectivity index (χ4n) is 3.88. The van der Waals surface area contributed by atoms with Crippen molar-refractivity contribution in [1.29, 1.82) is 0 Å². The molecule has 5 rings (SSSR count). The van der Waals surface area contributed by atoms with Crippen LogP contribution in [0.2, 0.25) is 10.0 Å². The van der Waals surface area contributed by atoms with Crippen molar-refractivity contribution in [2.75, 3.05) is 37.7 Å². The molecule has 42 heavy (non-hydrogen) atoms. The van der Waals surface area contributed by atoms with Gasteiger partial charge < -0.3 is 35.1 Å². The Morgan fingerprint density at radius 1 is 1.02 bits per heavy atom. The smallest absolute Gasteiger partial charge is 0.272 e. The second kappa shape index (κ2) is 12.1. The van der Waals surface area contributed by atoms with Crippen LogP contribution in [0, 0.1) is 5.82 Å². The van der Waals surface area contributed by atoms with E-state index in [1.54, 1.807) is 30.3 Å². The van der Waals surface area contributed by atoms with Crippen LogP contribution in [0.15, 0.2) is 53.1 Å². The van der Waals surface area contributed by atoms with Crippen LogP contribution >= 0.6 is 34.5 Å². The second-order valence-electron chi connectivity index (χ2n) is 8.47. The molecule has 11 nitrogen and oxygen atoms in total. The third-order valence-electron chi connectivity index (χ3n) is 5.82. The molecule has 0 aliphatic rings. The van der Waals surface area contributed by atoms with Crippen LogP contribution in [0.1, 0.15) is 10.4 Å². The summed E-state index contributed by atoms with van der Waals surface area (Å²) in [4.78, 5) is 21.8. The highest BCUT2D eigenvalue weighted by Gasteiger charge is 2.22. The van der Waals surface area contributed by atoms with Gasteiger partial charge in [-0.3, -0.25) is 4.79 Å². The monoisotopic (exact) mass is 630 g/mol. The number of anilines is 4. The van der Waals surface area contributed by atoms with E-state index >= 15 is 0 Å². The maximum Gasteiger partial charge on any atom is 0.272 e. The van der Waals surface area contributed by atoms with Crippen LogP contribution in [-0.4, -0.2) is 42.4 Å². The molecule has 0 radical (unpaired) electrons. The van der Waals surface area contributed by atoms with Gasteiger partial charge in [-0.05, 0) is 30.3 Å². The van der Waals surface area contributed by atoms with Gasteiger partial charge in [0.05, 0.1) is 32.0 Å². The standard InChI is InChI=1S/C27H21Cl2FN6O5S/c1-38-19-8-14(9-20(39-2)21(19)40-3)32-27-34-23(31)22(42-27)26-35-24(36-41-26)15-10-18(17(30)11-16(15)29)33-25(37)12-5-4-6-13(28)7-12/h4-11H,31H2,1-3H3,(H,32,34)(H,33,37). The van der Waals surface area contributed by atoms with E-state index in [0.29, 0.717) is 38.0 Å². The molecule has 5 aromatic rings. The van der Waals surface area contributed by atoms with Gasteiger partial charge in [0.2, 0.25) is 11.6 Å². The number of thiazole rings is 1. The van der Waals surface area contributed by atoms with Crippen LogP contribution in [-0.2, 0) is 0 Å². The predicted molar refractivity (Wildman–Crippen MR) is 159 cm³/mol. The summed E-state index contributed by atoms with van der Waals surface area (Å²) >= 11 is 13.4. The number of carbonyl (C=O) groups excluding carboxylic acids is 1. The lowest BCUT2D eigenvalue weighted by Gasteiger charge is -2.14. The Kier molecular flexibility index (Phi) is 8.34. The lowest BCUT2D eigenvalue weighted by Crippen LogP contribution is -2.13. The highest BCUT2D eigenvalue weighted by atomic mass is 35.5. The molecule has 0 unspecified atom stereocenters. The second-order valence-corrected chi connectivity index (χ2v) is 10.3. The molecule has 0 atom stereocenters. The van der Waals surface area contributed by atoms with Gasteiger partial charge >= 0.3 is 0 Å². The molecule has 1 amide bonds. The van der Waals surface area contributed by atoms with Gasteiger partial charge in [-0.1, -0.05) is 45.8 Å². The van der Waals surface area contributed by atoms with Crippen molar-refractivity contribution < 1.29 is 27.9 Å². The van der Waals surface area contributed by atoms with Gasteiger partial charge in [-0.25, -0.2) is 9.37 Å². The maximum atomic E-state index is 14.7. The average molecular weight is 631 g/mol. The number of rotatable bonds is 9. The van der Waals surface area contributed by atoms with Crippen LogP contribution in [0.5, 0.6) is 17.2 Å². The van der Waals surface area contributed by atoms with Gasteiger partial charge in [0.15, 0.2) is 16.6 Å². The molecule has 3 aromatic carbocycles. The first-order valence-electron chi connectivity index (χ1n) is 11.9. The third-order valence-corrected chi connectivity index (χ3v) is 7.34. The van der Waals surface area contributed by atoms with Crippen LogP contribution in [0.3, 0.4) is 0 Å². The normalized spacial score (nSPS) is 10.8. The quantitative estimate of drug-likeness (QED) is 0.157. The topological polar surface area (TPSA) is 147 Å². The lowest BCUT2D eigenvalue weighted by atomic mass is 10.1. The molecule has 216 valence electrons. The number of halogens is 3. The molecule has 0 aliphatic heterocycles. The Bertz CT molecular complexity index is 1770. The zero-order valence-electron chi connectivity index (χ0n) is 22.1. The molecule has 0 fully saturated rings. The number of nitrogens with one attached hydrogen (secondary N) is 2. The molecular weight excluding hydrogens is 610 g/mol. The molecular formula is C27H21Cl2FN6O5S. The number of carbonyl (C=O) groups is 1. The summed E-state index contributed by atoms with van der Waals surface area (Å²) in [5, 5.41) is 10.4. The fraction of sp³-hybridized carbons (Fsp3) is 0.111. The van der Waals surface area contributed by atoms with Crippen molar-refractivity contribution in [3.8, 4) is 39.4 Å². The van der Waals surface area contributed by atoms with E-state index in [1.807, 2.05) is 0 Å². The highest BCUT2D eigenvalue weighted by Crippen LogP contribution is 2.42. The van der Waals surface area contributed by atoms with Gasteiger partial charge in [0.25, 0.3) is 11.8 Å². The molecule has 0 saturated carbocycles. The van der Waals surface area contributed by atoms with Gasteiger partial charge in [-0.15, -0.1) is 0 Å². The van der Waals surface area contributed by atoms with Crippen LogP contribution < -0.4 is 30.6 Å². The molecule has 2 aromatic heterocycles. The highest BCUT2D eigenvalue weighted by molar-refractivity contribution is 7.19. The van der Waals surface area contributed by atoms with Crippen molar-refractivity contribution in [2.45, 2.75) is 0 Å². The van der Waals surface area contributed by atoms with Crippen molar-refractivity contribution >= 4 is 62.8 Å². The zero-order chi connectivity index (χ0) is 30.0. The zero-order valence-corrected chi connectivity index (χ0v) is 24.4. The summed E-state index contributed by atoms with van der Waals surface area (Å²) < 4.78 is 36.3. The van der Waals surface area contributed by atoms with E-state index in [2.05, 4.69) is 25.8 Å². The van der Waals surface area contributed by atoms with Gasteiger partial charge in [-0.2, -0.15) is 4.98 Å². The molecule has 0 bridgehead atoms. The van der Waals surface area contributed by atoms with Crippen LogP contribution in [0.25, 0.3) is 22.2 Å². The Morgan fingerprint density at radius 3 is 2.43 bits per heavy atom. The number of ether oxygens (including phenoxy) is 3. The first-order valence-corrected chi connectivity index (χ1v) is 13.5. The predicted octanol–water partition coefficient (Wildman–Crippen LogP) is 6.91. The summed E-state index contributed by atoms with van der Waals surface area (Å²) in [6, 6.07) is 12.0. The largest absolute Gasteiger partial charge is 0.493 e. The van der Waals surface area contributed by atoms with Gasteiger partial charge in [0, 0.05) is 34.0 Å². The average Bonchev–Trinajstić information content (AvgIpc) is 3.60. The van der Waals surface area contributed by atoms with Crippen molar-refractivity contribution in [3.63, 3.8) is 0 Å². The van der Waals surface area contributed by atoms with Crippen LogP contribution in [0.4, 0.5) is 26.7 Å². The number of nitrogens with two attached hydrogens (primary N) is 1. The Labute approximate surface area is 252 Å². The van der Waals surface area contributed by atoms with E-state index in [0.717, 1.165) is 17.4 Å². The summed E-state index contributed by atoms with van der Waals surface area (Å²) in [6.07, 6.45) is 0. The summed E-state index contributed by atoms with van der Waals surface area (Å²) in [5.74, 6) is 0.248. The third kappa shape index (κ3) is 5.88. The Morgan fingerprint density at radius 2 is 1.76 bits per heavy atom.